The van der Waals surface area contributed by atoms with Gasteiger partial charge in [-0.3, -0.25) is 5.84 Å². The van der Waals surface area contributed by atoms with E-state index in [1.54, 1.807) is 0 Å². The van der Waals surface area contributed by atoms with Gasteiger partial charge in [-0.25, -0.2) is 5.43 Å². The van der Waals surface area contributed by atoms with E-state index in [0.717, 1.165) is 25.9 Å². The van der Waals surface area contributed by atoms with E-state index >= 15 is 0 Å². The Morgan fingerprint density at radius 3 is 3.09 bits per heavy atom. The van der Waals surface area contributed by atoms with Crippen LogP contribution in [0.3, 0.4) is 0 Å². The third-order valence-corrected chi connectivity index (χ3v) is 1.92. The van der Waals surface area contributed by atoms with Gasteiger partial charge in [-0.2, -0.15) is 0 Å². The molecule has 0 bridgehead atoms. The van der Waals surface area contributed by atoms with Crippen molar-refractivity contribution in [2.24, 2.45) is 5.84 Å². The highest BCUT2D eigenvalue weighted by Gasteiger charge is 2.18. The summed E-state index contributed by atoms with van der Waals surface area (Å²) in [7, 11) is 0. The molecule has 0 spiro atoms. The molecule has 0 radical (unpaired) electrons. The van der Waals surface area contributed by atoms with E-state index in [-0.39, 0.29) is 6.04 Å². The highest BCUT2D eigenvalue weighted by molar-refractivity contribution is 4.98. The molecule has 0 saturated carbocycles. The van der Waals surface area contributed by atoms with Gasteiger partial charge in [0.15, 0.2) is 0 Å². The molecule has 3 nitrogen and oxygen atoms in total. The van der Waals surface area contributed by atoms with Crippen molar-refractivity contribution < 1.29 is 4.74 Å². The van der Waals surface area contributed by atoms with Crippen LogP contribution in [0.15, 0.2) is 0 Å². The number of nitrogens with two attached hydrogens (primary N) is 1. The summed E-state index contributed by atoms with van der Waals surface area (Å²) in [5.74, 6) is 7.78. The van der Waals surface area contributed by atoms with E-state index in [1.165, 1.54) is 0 Å². The first kappa shape index (κ1) is 8.54. The normalized spacial score (nSPS) is 26.4. The van der Waals surface area contributed by atoms with E-state index in [1.807, 2.05) is 0 Å². The van der Waals surface area contributed by atoms with E-state index in [0.29, 0.717) is 6.10 Å². The zero-order valence-electron chi connectivity index (χ0n) is 6.55. The Morgan fingerprint density at radius 1 is 1.82 bits per heavy atom. The number of hydrazine groups is 1. The molecule has 0 amide bonds. The molecule has 0 aliphatic carbocycles. The van der Waals surface area contributed by atoms with Crippen molar-refractivity contribution in [1.29, 1.82) is 0 Å². The Morgan fingerprint density at radius 2 is 2.64 bits per heavy atom. The van der Waals surface area contributed by atoms with E-state index in [9.17, 15) is 0 Å². The van der Waals surface area contributed by atoms with Crippen LogP contribution in [-0.2, 0) is 4.74 Å². The number of rotatable bonds is 3. The van der Waals surface area contributed by atoms with Gasteiger partial charge in [0, 0.05) is 13.0 Å². The van der Waals surface area contributed by atoms with Crippen LogP contribution in [0.25, 0.3) is 0 Å². The molecular formula is C8H14N2O. The van der Waals surface area contributed by atoms with Crippen LogP contribution >= 0.6 is 0 Å². The molecule has 0 aromatic heterocycles. The molecule has 62 valence electrons. The lowest BCUT2D eigenvalue weighted by Crippen LogP contribution is -2.36. The van der Waals surface area contributed by atoms with Crippen LogP contribution in [0.2, 0.25) is 0 Å². The van der Waals surface area contributed by atoms with Crippen LogP contribution in [0, 0.1) is 12.3 Å². The Hall–Kier alpha value is -0.560. The second-order valence-corrected chi connectivity index (χ2v) is 2.76. The third-order valence-electron chi connectivity index (χ3n) is 1.92. The zero-order chi connectivity index (χ0) is 8.10. The van der Waals surface area contributed by atoms with Crippen LogP contribution < -0.4 is 11.3 Å². The fourth-order valence-corrected chi connectivity index (χ4v) is 1.28. The highest BCUT2D eigenvalue weighted by atomic mass is 16.5. The minimum Gasteiger partial charge on any atom is -0.378 e. The lowest BCUT2D eigenvalue weighted by atomic mass is 10.1. The van der Waals surface area contributed by atoms with E-state index in [4.69, 9.17) is 17.0 Å². The molecule has 1 aliphatic rings. The van der Waals surface area contributed by atoms with Crippen LogP contribution in [0.4, 0.5) is 0 Å². The van der Waals surface area contributed by atoms with Crippen LogP contribution in [0.1, 0.15) is 19.3 Å². The standard InChI is InChI=1S/C8H14N2O/c1-2-7(10-9)6-8-4-3-5-11-8/h1,7-8,10H,3-6,9H2. The summed E-state index contributed by atoms with van der Waals surface area (Å²) in [4.78, 5) is 0. The molecule has 3 N–H and O–H groups in total. The molecule has 1 aliphatic heterocycles. The molecule has 2 unspecified atom stereocenters. The predicted octanol–water partition coefficient (Wildman–Crippen LogP) is 0.0206. The average molecular weight is 154 g/mol. The summed E-state index contributed by atoms with van der Waals surface area (Å²) >= 11 is 0. The van der Waals surface area contributed by atoms with Crippen molar-refractivity contribution in [3.8, 4) is 12.3 Å². The first-order valence-electron chi connectivity index (χ1n) is 3.90. The summed E-state index contributed by atoms with van der Waals surface area (Å²) in [6.45, 7) is 0.868. The van der Waals surface area contributed by atoms with Gasteiger partial charge in [0.25, 0.3) is 0 Å². The van der Waals surface area contributed by atoms with Gasteiger partial charge in [-0.15, -0.1) is 6.42 Å². The van der Waals surface area contributed by atoms with Crippen molar-refractivity contribution >= 4 is 0 Å². The molecule has 0 aromatic carbocycles. The average Bonchev–Trinajstić information content (AvgIpc) is 2.52. The Balaban J connectivity index is 2.23. The van der Waals surface area contributed by atoms with Crippen molar-refractivity contribution in [3.05, 3.63) is 0 Å². The minimum atomic E-state index is -0.0434. The summed E-state index contributed by atoms with van der Waals surface area (Å²) in [6.07, 6.45) is 8.61. The second kappa shape index (κ2) is 4.35. The monoisotopic (exact) mass is 154 g/mol. The smallest absolute Gasteiger partial charge is 0.0839 e. The number of hydrogen-bond acceptors (Lipinski definition) is 3. The van der Waals surface area contributed by atoms with E-state index in [2.05, 4.69) is 11.3 Å². The fraction of sp³-hybridized carbons (Fsp3) is 0.750. The van der Waals surface area contributed by atoms with Crippen molar-refractivity contribution in [2.45, 2.75) is 31.4 Å². The number of nitrogens with one attached hydrogen (secondary N) is 1. The summed E-state index contributed by atoms with van der Waals surface area (Å²) < 4.78 is 5.40. The predicted molar refractivity (Wildman–Crippen MR) is 43.5 cm³/mol. The van der Waals surface area contributed by atoms with Crippen LogP contribution in [0.5, 0.6) is 0 Å². The molecule has 1 heterocycles. The molecule has 0 aromatic rings. The van der Waals surface area contributed by atoms with Gasteiger partial charge in [0.1, 0.15) is 0 Å². The van der Waals surface area contributed by atoms with Gasteiger partial charge in [0.05, 0.1) is 12.1 Å². The number of terminal acetylenes is 1. The van der Waals surface area contributed by atoms with Crippen molar-refractivity contribution in [2.75, 3.05) is 6.61 Å². The first-order chi connectivity index (χ1) is 5.36. The number of ether oxygens (including phenoxy) is 1. The van der Waals surface area contributed by atoms with Gasteiger partial charge in [-0.05, 0) is 12.8 Å². The van der Waals surface area contributed by atoms with Gasteiger partial charge in [-0.1, -0.05) is 5.92 Å². The molecule has 2 atom stereocenters. The lowest BCUT2D eigenvalue weighted by molar-refractivity contribution is 0.0995. The Bertz CT molecular complexity index is 147. The van der Waals surface area contributed by atoms with E-state index < -0.39 is 0 Å². The van der Waals surface area contributed by atoms with Crippen molar-refractivity contribution in [1.82, 2.24) is 5.43 Å². The largest absolute Gasteiger partial charge is 0.378 e. The summed E-state index contributed by atoms with van der Waals surface area (Å²) in [6, 6.07) is -0.0434. The molecule has 1 fully saturated rings. The third kappa shape index (κ3) is 2.51. The van der Waals surface area contributed by atoms with Gasteiger partial charge < -0.3 is 4.74 Å². The maximum atomic E-state index is 5.40. The maximum Gasteiger partial charge on any atom is 0.0839 e. The highest BCUT2D eigenvalue weighted by Crippen LogP contribution is 2.16. The Kier molecular flexibility index (Phi) is 3.37. The molecule has 3 heteroatoms. The first-order valence-corrected chi connectivity index (χ1v) is 3.90. The second-order valence-electron chi connectivity index (χ2n) is 2.76. The van der Waals surface area contributed by atoms with Gasteiger partial charge in [0.2, 0.25) is 0 Å². The molecule has 11 heavy (non-hydrogen) atoms. The molecule has 1 rings (SSSR count). The summed E-state index contributed by atoms with van der Waals surface area (Å²) in [5.41, 5.74) is 2.56. The Labute approximate surface area is 67.3 Å². The lowest BCUT2D eigenvalue weighted by Gasteiger charge is -2.13. The fourth-order valence-electron chi connectivity index (χ4n) is 1.28. The number of hydrogen-bond donors (Lipinski definition) is 2. The topological polar surface area (TPSA) is 47.3 Å². The summed E-state index contributed by atoms with van der Waals surface area (Å²) in [5, 5.41) is 0. The zero-order valence-corrected chi connectivity index (χ0v) is 6.55. The van der Waals surface area contributed by atoms with Gasteiger partial charge >= 0.3 is 0 Å². The maximum absolute atomic E-state index is 5.40. The SMILES string of the molecule is C#CC(CC1CCCO1)NN. The van der Waals surface area contributed by atoms with Crippen molar-refractivity contribution in [3.63, 3.8) is 0 Å². The quantitative estimate of drug-likeness (QED) is 0.342. The molecular weight excluding hydrogens is 140 g/mol. The minimum absolute atomic E-state index is 0.0434. The molecule has 1 saturated heterocycles. The van der Waals surface area contributed by atoms with Crippen LogP contribution in [-0.4, -0.2) is 18.8 Å².